The molecule has 0 spiro atoms. The zero-order valence-electron chi connectivity index (χ0n) is 13.3. The molecule has 3 rings (SSSR count). The molecule has 0 saturated heterocycles. The predicted molar refractivity (Wildman–Crippen MR) is 94.9 cm³/mol. The van der Waals surface area contributed by atoms with Crippen LogP contribution in [0.5, 0.6) is 0 Å². The summed E-state index contributed by atoms with van der Waals surface area (Å²) in [5.41, 5.74) is 1.26. The quantitative estimate of drug-likeness (QED) is 0.721. The lowest BCUT2D eigenvalue weighted by Crippen LogP contribution is -2.13. The van der Waals surface area contributed by atoms with Crippen molar-refractivity contribution in [3.8, 4) is 0 Å². The Hall–Kier alpha value is -2.25. The molecule has 0 N–H and O–H groups in total. The van der Waals surface area contributed by atoms with Crippen LogP contribution >= 0.6 is 11.3 Å². The van der Waals surface area contributed by atoms with E-state index in [4.69, 9.17) is 0 Å². The molecule has 7 heteroatoms. The van der Waals surface area contributed by atoms with Gasteiger partial charge in [-0.15, -0.1) is 0 Å². The molecule has 3 aromatic rings. The zero-order valence-corrected chi connectivity index (χ0v) is 14.9. The minimum Gasteiger partial charge on any atom is -0.319 e. The maximum atomic E-state index is 12.4. The number of hydrogen-bond acceptors (Lipinski definition) is 4. The number of carbonyl (C=O) groups is 1. The maximum Gasteiger partial charge on any atom is 0.279 e. The van der Waals surface area contributed by atoms with Gasteiger partial charge in [0.2, 0.25) is 0 Å². The van der Waals surface area contributed by atoms with E-state index >= 15 is 0 Å². The summed E-state index contributed by atoms with van der Waals surface area (Å²) in [5, 5.41) is 0. The molecule has 0 unspecified atom stereocenters. The number of rotatable bonds is 3. The maximum absolute atomic E-state index is 12.4. The minimum absolute atomic E-state index is 0.00688. The third kappa shape index (κ3) is 3.05. The first-order valence-electron chi connectivity index (χ1n) is 7.39. The molecule has 0 fully saturated rings. The SMILES string of the molecule is CCS(=O)(=O)c1cccc(C(=O)N=c2sc3ccccc3n2C)c1. The highest BCUT2D eigenvalue weighted by Crippen LogP contribution is 2.16. The van der Waals surface area contributed by atoms with E-state index in [0.29, 0.717) is 4.80 Å². The van der Waals surface area contributed by atoms with Crippen LogP contribution in [-0.2, 0) is 16.9 Å². The molecule has 1 amide bonds. The number of aromatic nitrogens is 1. The Morgan fingerprint density at radius 1 is 1.17 bits per heavy atom. The number of benzene rings is 2. The molecule has 0 aliphatic heterocycles. The summed E-state index contributed by atoms with van der Waals surface area (Å²) in [5.74, 6) is -0.460. The lowest BCUT2D eigenvalue weighted by molar-refractivity contribution is 0.0997. The van der Waals surface area contributed by atoms with Gasteiger partial charge in [-0.05, 0) is 30.3 Å². The van der Waals surface area contributed by atoms with E-state index in [0.717, 1.165) is 10.2 Å². The van der Waals surface area contributed by atoms with Crippen molar-refractivity contribution in [2.45, 2.75) is 11.8 Å². The number of amides is 1. The average Bonchev–Trinajstić information content (AvgIpc) is 2.91. The fourth-order valence-corrected chi connectivity index (χ4v) is 4.27. The number of para-hydroxylation sites is 1. The van der Waals surface area contributed by atoms with Gasteiger partial charge < -0.3 is 4.57 Å². The molecule has 0 radical (unpaired) electrons. The van der Waals surface area contributed by atoms with Gasteiger partial charge in [0.25, 0.3) is 5.91 Å². The number of sulfone groups is 1. The molecule has 5 nitrogen and oxygen atoms in total. The largest absolute Gasteiger partial charge is 0.319 e. The van der Waals surface area contributed by atoms with Crippen LogP contribution in [0.25, 0.3) is 10.2 Å². The third-order valence-corrected chi connectivity index (χ3v) is 6.58. The van der Waals surface area contributed by atoms with Gasteiger partial charge in [-0.25, -0.2) is 8.42 Å². The molecule has 1 heterocycles. The fourth-order valence-electron chi connectivity index (χ4n) is 2.33. The summed E-state index contributed by atoms with van der Waals surface area (Å²) in [6.07, 6.45) is 0. The normalized spacial score (nSPS) is 12.7. The lowest BCUT2D eigenvalue weighted by atomic mass is 10.2. The van der Waals surface area contributed by atoms with Gasteiger partial charge in [0.1, 0.15) is 0 Å². The van der Waals surface area contributed by atoms with E-state index in [-0.39, 0.29) is 16.2 Å². The van der Waals surface area contributed by atoms with E-state index in [1.54, 1.807) is 19.1 Å². The van der Waals surface area contributed by atoms with E-state index in [9.17, 15) is 13.2 Å². The van der Waals surface area contributed by atoms with Crippen molar-refractivity contribution >= 4 is 37.3 Å². The number of aryl methyl sites for hydroxylation is 1. The van der Waals surface area contributed by atoms with Gasteiger partial charge in [-0.2, -0.15) is 4.99 Å². The molecule has 0 saturated carbocycles. The van der Waals surface area contributed by atoms with Crippen LogP contribution in [0.15, 0.2) is 58.4 Å². The van der Waals surface area contributed by atoms with E-state index in [2.05, 4.69) is 4.99 Å². The first-order chi connectivity index (χ1) is 11.4. The summed E-state index contributed by atoms with van der Waals surface area (Å²) in [6, 6.07) is 13.8. The van der Waals surface area contributed by atoms with Gasteiger partial charge in [-0.1, -0.05) is 36.5 Å². The van der Waals surface area contributed by atoms with Gasteiger partial charge in [0.15, 0.2) is 14.6 Å². The average molecular weight is 360 g/mol. The van der Waals surface area contributed by atoms with E-state index < -0.39 is 15.7 Å². The second-order valence-electron chi connectivity index (χ2n) is 5.26. The highest BCUT2D eigenvalue weighted by molar-refractivity contribution is 7.91. The van der Waals surface area contributed by atoms with Gasteiger partial charge in [-0.3, -0.25) is 4.79 Å². The van der Waals surface area contributed by atoms with E-state index in [1.807, 2.05) is 35.9 Å². The van der Waals surface area contributed by atoms with Gasteiger partial charge in [0.05, 0.1) is 20.9 Å². The van der Waals surface area contributed by atoms with Crippen molar-refractivity contribution < 1.29 is 13.2 Å². The van der Waals surface area contributed by atoms with Crippen LogP contribution in [0, 0.1) is 0 Å². The number of carbonyl (C=O) groups excluding carboxylic acids is 1. The first kappa shape index (κ1) is 16.6. The second kappa shape index (κ2) is 6.33. The Labute approximate surface area is 143 Å². The molecule has 24 heavy (non-hydrogen) atoms. The topological polar surface area (TPSA) is 68.5 Å². The van der Waals surface area contributed by atoms with Crippen LogP contribution in [0.4, 0.5) is 0 Å². The summed E-state index contributed by atoms with van der Waals surface area (Å²) in [4.78, 5) is 17.3. The van der Waals surface area contributed by atoms with Crippen molar-refractivity contribution in [2.24, 2.45) is 12.0 Å². The van der Waals surface area contributed by atoms with E-state index in [1.165, 1.54) is 23.5 Å². The Balaban J connectivity index is 2.06. The Morgan fingerprint density at radius 2 is 1.92 bits per heavy atom. The van der Waals surface area contributed by atoms with Crippen molar-refractivity contribution in [3.63, 3.8) is 0 Å². The third-order valence-electron chi connectivity index (χ3n) is 3.73. The smallest absolute Gasteiger partial charge is 0.279 e. The van der Waals surface area contributed by atoms with Crippen molar-refractivity contribution in [1.29, 1.82) is 0 Å². The van der Waals surface area contributed by atoms with Crippen LogP contribution in [-0.4, -0.2) is 24.6 Å². The number of thiazole rings is 1. The summed E-state index contributed by atoms with van der Waals surface area (Å²) in [7, 11) is -1.50. The monoisotopic (exact) mass is 360 g/mol. The Kier molecular flexibility index (Phi) is 4.38. The van der Waals surface area contributed by atoms with Crippen molar-refractivity contribution in [3.05, 3.63) is 58.9 Å². The Bertz CT molecular complexity index is 1090. The molecule has 124 valence electrons. The molecule has 1 aromatic heterocycles. The molecule has 2 aromatic carbocycles. The number of hydrogen-bond donors (Lipinski definition) is 0. The molecule has 0 bridgehead atoms. The molecule has 0 aliphatic carbocycles. The molecular weight excluding hydrogens is 344 g/mol. The standard InChI is InChI=1S/C17H16N2O3S2/c1-3-24(21,22)13-8-6-7-12(11-13)16(20)18-17-19(2)14-9-4-5-10-15(14)23-17/h4-11H,3H2,1-2H3. The van der Waals surface area contributed by atoms with Crippen LogP contribution in [0.3, 0.4) is 0 Å². The van der Waals surface area contributed by atoms with Crippen LogP contribution < -0.4 is 4.80 Å². The van der Waals surface area contributed by atoms with Crippen LogP contribution in [0.1, 0.15) is 17.3 Å². The minimum atomic E-state index is -3.35. The summed E-state index contributed by atoms with van der Waals surface area (Å²) in [6.45, 7) is 1.57. The van der Waals surface area contributed by atoms with Gasteiger partial charge in [0, 0.05) is 12.6 Å². The molecular formula is C17H16N2O3S2. The summed E-state index contributed by atoms with van der Waals surface area (Å²) >= 11 is 1.42. The first-order valence-corrected chi connectivity index (χ1v) is 9.85. The highest BCUT2D eigenvalue weighted by Gasteiger charge is 2.14. The highest BCUT2D eigenvalue weighted by atomic mass is 32.2. The second-order valence-corrected chi connectivity index (χ2v) is 8.55. The number of nitrogens with zero attached hydrogens (tertiary/aromatic N) is 2. The molecule has 0 aliphatic rings. The number of fused-ring (bicyclic) bond motifs is 1. The summed E-state index contributed by atoms with van der Waals surface area (Å²) < 4.78 is 26.8. The fraction of sp³-hybridized carbons (Fsp3) is 0.176. The van der Waals surface area contributed by atoms with Crippen molar-refractivity contribution in [2.75, 3.05) is 5.75 Å². The van der Waals surface area contributed by atoms with Crippen molar-refractivity contribution in [1.82, 2.24) is 4.57 Å². The van der Waals surface area contributed by atoms with Gasteiger partial charge >= 0.3 is 0 Å². The predicted octanol–water partition coefficient (Wildman–Crippen LogP) is 2.77. The van der Waals surface area contributed by atoms with Crippen LogP contribution in [0.2, 0.25) is 0 Å². The molecule has 0 atom stereocenters. The lowest BCUT2D eigenvalue weighted by Gasteiger charge is -2.02. The Morgan fingerprint density at radius 3 is 2.62 bits per heavy atom. The zero-order chi connectivity index (χ0) is 17.3.